The zero-order valence-corrected chi connectivity index (χ0v) is 18.5. The van der Waals surface area contributed by atoms with Crippen LogP contribution >= 0.6 is 0 Å². The Hall–Kier alpha value is -3.35. The zero-order valence-electron chi connectivity index (χ0n) is 18.5. The second kappa shape index (κ2) is 10.8. The Balaban J connectivity index is 1.45. The van der Waals surface area contributed by atoms with Crippen LogP contribution in [0.15, 0.2) is 48.5 Å². The number of amides is 2. The molecule has 1 unspecified atom stereocenters. The fourth-order valence-corrected chi connectivity index (χ4v) is 3.99. The molecule has 0 saturated carbocycles. The molecule has 170 valence electrons. The number of benzene rings is 2. The molecule has 7 heteroatoms. The van der Waals surface area contributed by atoms with E-state index in [1.165, 1.54) is 0 Å². The maximum atomic E-state index is 12.3. The van der Waals surface area contributed by atoms with Crippen LogP contribution in [0.5, 0.6) is 0 Å². The van der Waals surface area contributed by atoms with Crippen molar-refractivity contribution in [2.24, 2.45) is 5.92 Å². The van der Waals surface area contributed by atoms with Crippen molar-refractivity contribution in [1.82, 2.24) is 10.6 Å². The molecule has 0 aliphatic heterocycles. The van der Waals surface area contributed by atoms with E-state index in [4.69, 9.17) is 9.84 Å². The van der Waals surface area contributed by atoms with Gasteiger partial charge in [-0.1, -0.05) is 55.5 Å². The summed E-state index contributed by atoms with van der Waals surface area (Å²) in [5.74, 6) is -0.966. The summed E-state index contributed by atoms with van der Waals surface area (Å²) in [6, 6.07) is 15.5. The van der Waals surface area contributed by atoms with Crippen molar-refractivity contribution in [3.05, 3.63) is 59.7 Å². The number of nitrogens with one attached hydrogen (secondary N) is 2. The molecule has 3 N–H and O–H groups in total. The molecule has 2 amide bonds. The first-order valence-corrected chi connectivity index (χ1v) is 11.0. The molecule has 3 rings (SSSR count). The highest BCUT2D eigenvalue weighted by atomic mass is 16.5. The predicted octanol–water partition coefficient (Wildman–Crippen LogP) is 3.92. The summed E-state index contributed by atoms with van der Waals surface area (Å²) in [5, 5.41) is 14.1. The third-order valence-electron chi connectivity index (χ3n) is 5.86. The number of hydrogen-bond donors (Lipinski definition) is 3. The highest BCUT2D eigenvalue weighted by Gasteiger charge is 2.29. The molecular formula is C25H30N2O5. The van der Waals surface area contributed by atoms with E-state index < -0.39 is 18.1 Å². The highest BCUT2D eigenvalue weighted by molar-refractivity contribution is 5.85. The van der Waals surface area contributed by atoms with Crippen LogP contribution in [0.3, 0.4) is 0 Å². The Morgan fingerprint density at radius 1 is 0.969 bits per heavy atom. The number of carbonyl (C=O) groups is 3. The molecule has 0 aromatic heterocycles. The standard InChI is InChI=1S/C25H30N2O5/c1-16(11-12-23(28)29)13-14-26-24(30)17(2)27-25(31)32-15-22-20-9-5-3-7-18(20)19-8-4-6-10-21(19)22/h3-10,16-17,22H,11-15H2,1-2H3,(H,26,30)(H,27,31)(H,28,29)/t16?,17-/m0/s1. The van der Waals surface area contributed by atoms with Gasteiger partial charge in [-0.2, -0.15) is 0 Å². The van der Waals surface area contributed by atoms with Gasteiger partial charge >= 0.3 is 12.1 Å². The molecule has 7 nitrogen and oxygen atoms in total. The quantitative estimate of drug-likeness (QED) is 0.521. The SMILES string of the molecule is CC(CCNC(=O)[C@H](C)NC(=O)OCC1c2ccccc2-c2ccccc21)CCC(=O)O. The van der Waals surface area contributed by atoms with E-state index in [2.05, 4.69) is 34.9 Å². The molecule has 2 atom stereocenters. The summed E-state index contributed by atoms with van der Waals surface area (Å²) in [6.45, 7) is 4.17. The van der Waals surface area contributed by atoms with E-state index in [0.717, 1.165) is 22.3 Å². The minimum absolute atomic E-state index is 0.0374. The van der Waals surface area contributed by atoms with Crippen LogP contribution < -0.4 is 10.6 Å². The van der Waals surface area contributed by atoms with Crippen LogP contribution in [-0.4, -0.2) is 42.3 Å². The molecule has 0 spiro atoms. The molecule has 2 aromatic rings. The zero-order chi connectivity index (χ0) is 23.1. The second-order valence-electron chi connectivity index (χ2n) is 8.31. The van der Waals surface area contributed by atoms with Gasteiger partial charge in [0.05, 0.1) is 0 Å². The lowest BCUT2D eigenvalue weighted by Gasteiger charge is -2.17. The van der Waals surface area contributed by atoms with Crippen LogP contribution in [0.4, 0.5) is 4.79 Å². The molecule has 32 heavy (non-hydrogen) atoms. The highest BCUT2D eigenvalue weighted by Crippen LogP contribution is 2.44. The van der Waals surface area contributed by atoms with Gasteiger partial charge in [-0.15, -0.1) is 0 Å². The van der Waals surface area contributed by atoms with E-state index in [9.17, 15) is 14.4 Å². The van der Waals surface area contributed by atoms with Crippen LogP contribution in [0.1, 0.15) is 50.2 Å². The van der Waals surface area contributed by atoms with Gasteiger partial charge in [0.25, 0.3) is 0 Å². The number of carbonyl (C=O) groups excluding carboxylic acids is 2. The minimum atomic E-state index is -0.818. The molecule has 0 fully saturated rings. The molecule has 2 aromatic carbocycles. The topological polar surface area (TPSA) is 105 Å². The summed E-state index contributed by atoms with van der Waals surface area (Å²) >= 11 is 0. The predicted molar refractivity (Wildman–Crippen MR) is 121 cm³/mol. The Bertz CT molecular complexity index is 929. The monoisotopic (exact) mass is 438 g/mol. The first-order chi connectivity index (χ1) is 15.4. The molecule has 1 aliphatic rings. The summed E-state index contributed by atoms with van der Waals surface area (Å²) in [7, 11) is 0. The van der Waals surface area contributed by atoms with Gasteiger partial charge in [0.15, 0.2) is 0 Å². The molecule has 0 radical (unpaired) electrons. The Labute approximate surface area is 188 Å². The van der Waals surface area contributed by atoms with E-state index in [1.807, 2.05) is 31.2 Å². The van der Waals surface area contributed by atoms with Crippen molar-refractivity contribution in [1.29, 1.82) is 0 Å². The molecular weight excluding hydrogens is 408 g/mol. The van der Waals surface area contributed by atoms with Crippen molar-refractivity contribution in [2.75, 3.05) is 13.2 Å². The lowest BCUT2D eigenvalue weighted by molar-refractivity contribution is -0.137. The van der Waals surface area contributed by atoms with Gasteiger partial charge in [0.1, 0.15) is 12.6 Å². The number of aliphatic carboxylic acids is 1. The number of carboxylic acid groups (broad SMARTS) is 1. The van der Waals surface area contributed by atoms with Crippen molar-refractivity contribution in [2.45, 2.75) is 45.1 Å². The fraction of sp³-hybridized carbons (Fsp3) is 0.400. The van der Waals surface area contributed by atoms with E-state index >= 15 is 0 Å². The van der Waals surface area contributed by atoms with Crippen molar-refractivity contribution >= 4 is 18.0 Å². The summed E-state index contributed by atoms with van der Waals surface area (Å²) in [6.07, 6.45) is 0.731. The number of carboxylic acids is 1. The Morgan fingerprint density at radius 2 is 1.56 bits per heavy atom. The van der Waals surface area contributed by atoms with Crippen molar-refractivity contribution in [3.8, 4) is 11.1 Å². The fourth-order valence-electron chi connectivity index (χ4n) is 3.99. The second-order valence-corrected chi connectivity index (χ2v) is 8.31. The average Bonchev–Trinajstić information content (AvgIpc) is 3.10. The molecule has 0 saturated heterocycles. The van der Waals surface area contributed by atoms with Crippen LogP contribution in [-0.2, 0) is 14.3 Å². The number of rotatable bonds is 10. The van der Waals surface area contributed by atoms with Gasteiger partial charge in [-0.3, -0.25) is 9.59 Å². The first-order valence-electron chi connectivity index (χ1n) is 11.0. The third-order valence-corrected chi connectivity index (χ3v) is 5.86. The lowest BCUT2D eigenvalue weighted by Crippen LogP contribution is -2.45. The smallest absolute Gasteiger partial charge is 0.407 e. The Morgan fingerprint density at radius 3 is 2.16 bits per heavy atom. The summed E-state index contributed by atoms with van der Waals surface area (Å²) < 4.78 is 5.47. The van der Waals surface area contributed by atoms with Gasteiger partial charge in [0.2, 0.25) is 5.91 Å². The number of fused-ring (bicyclic) bond motifs is 3. The Kier molecular flexibility index (Phi) is 7.87. The lowest BCUT2D eigenvalue weighted by atomic mass is 9.98. The van der Waals surface area contributed by atoms with Crippen LogP contribution in [0, 0.1) is 5.92 Å². The van der Waals surface area contributed by atoms with E-state index in [1.54, 1.807) is 6.92 Å². The van der Waals surface area contributed by atoms with Gasteiger partial charge in [0, 0.05) is 18.9 Å². The van der Waals surface area contributed by atoms with Crippen LogP contribution in [0.2, 0.25) is 0 Å². The number of hydrogen-bond acceptors (Lipinski definition) is 4. The summed E-state index contributed by atoms with van der Waals surface area (Å²) in [4.78, 5) is 35.2. The van der Waals surface area contributed by atoms with E-state index in [0.29, 0.717) is 19.4 Å². The maximum absolute atomic E-state index is 12.3. The van der Waals surface area contributed by atoms with Crippen molar-refractivity contribution < 1.29 is 24.2 Å². The summed E-state index contributed by atoms with van der Waals surface area (Å²) in [5.41, 5.74) is 4.57. The number of ether oxygens (including phenoxy) is 1. The third kappa shape index (κ3) is 5.87. The van der Waals surface area contributed by atoms with Gasteiger partial charge in [-0.25, -0.2) is 4.79 Å². The average molecular weight is 439 g/mol. The van der Waals surface area contributed by atoms with Crippen LogP contribution in [0.25, 0.3) is 11.1 Å². The molecule has 0 heterocycles. The molecule has 1 aliphatic carbocycles. The minimum Gasteiger partial charge on any atom is -0.481 e. The number of alkyl carbamates (subject to hydrolysis) is 1. The first kappa shape index (κ1) is 23.3. The maximum Gasteiger partial charge on any atom is 0.407 e. The van der Waals surface area contributed by atoms with Gasteiger partial charge < -0.3 is 20.5 Å². The van der Waals surface area contributed by atoms with Gasteiger partial charge in [-0.05, 0) is 47.9 Å². The van der Waals surface area contributed by atoms with Crippen molar-refractivity contribution in [3.63, 3.8) is 0 Å². The normalized spacial score (nSPS) is 14.1. The largest absolute Gasteiger partial charge is 0.481 e. The van der Waals surface area contributed by atoms with E-state index in [-0.39, 0.29) is 30.8 Å². The molecule has 0 bridgehead atoms.